The van der Waals surface area contributed by atoms with Crippen LogP contribution in [0.1, 0.15) is 5.76 Å². The van der Waals surface area contributed by atoms with Gasteiger partial charge in [-0.3, -0.25) is 4.99 Å². The molecular weight excluding hydrogens is 208 g/mol. The number of furan rings is 1. The quantitative estimate of drug-likeness (QED) is 0.797. The Morgan fingerprint density at radius 1 is 1.50 bits per heavy atom. The summed E-state index contributed by atoms with van der Waals surface area (Å²) in [4.78, 5) is 12.4. The topological polar surface area (TPSA) is 87.0 Å². The second-order valence-corrected chi connectivity index (χ2v) is 3.24. The van der Waals surface area contributed by atoms with Crippen molar-refractivity contribution in [2.24, 2.45) is 25.3 Å². The number of hydrogen-bond acceptors (Lipinski definition) is 6. The second kappa shape index (κ2) is 3.69. The Bertz CT molecular complexity index is 498. The molecule has 1 N–H and O–H groups in total. The molecule has 2 aliphatic rings. The van der Waals surface area contributed by atoms with Crippen LogP contribution < -0.4 is 5.43 Å². The average molecular weight is 216 g/mol. The molecule has 3 heterocycles. The maximum Gasteiger partial charge on any atom is 0.191 e. The van der Waals surface area contributed by atoms with E-state index in [2.05, 4.69) is 30.7 Å². The minimum Gasteiger partial charge on any atom is -0.467 e. The molecule has 2 aliphatic heterocycles. The van der Waals surface area contributed by atoms with E-state index in [9.17, 15) is 0 Å². The van der Waals surface area contributed by atoms with Gasteiger partial charge in [0.2, 0.25) is 0 Å². The smallest absolute Gasteiger partial charge is 0.191 e. The zero-order valence-corrected chi connectivity index (χ0v) is 8.24. The second-order valence-electron chi connectivity index (χ2n) is 3.24. The van der Waals surface area contributed by atoms with Crippen molar-refractivity contribution in [3.8, 4) is 0 Å². The minimum atomic E-state index is -0.292. The summed E-state index contributed by atoms with van der Waals surface area (Å²) in [6.07, 6.45) is 3.06. The molecule has 0 aromatic carbocycles. The molecule has 0 bridgehead atoms. The van der Waals surface area contributed by atoms with Crippen LogP contribution in [0.5, 0.6) is 0 Å². The Kier molecular flexibility index (Phi) is 2.06. The molecule has 1 aromatic heterocycles. The van der Waals surface area contributed by atoms with Crippen molar-refractivity contribution in [1.82, 2.24) is 5.43 Å². The third kappa shape index (κ3) is 1.52. The normalized spacial score (nSPS) is 24.4. The largest absolute Gasteiger partial charge is 0.467 e. The van der Waals surface area contributed by atoms with E-state index >= 15 is 0 Å². The minimum absolute atomic E-state index is 0.292. The van der Waals surface area contributed by atoms with Crippen LogP contribution in [0.2, 0.25) is 0 Å². The monoisotopic (exact) mass is 216 g/mol. The fourth-order valence-corrected chi connectivity index (χ4v) is 1.44. The summed E-state index contributed by atoms with van der Waals surface area (Å²) in [5.41, 5.74) is 2.69. The van der Waals surface area contributed by atoms with Crippen molar-refractivity contribution in [2.45, 2.75) is 12.6 Å². The van der Waals surface area contributed by atoms with Crippen molar-refractivity contribution in [3.63, 3.8) is 0 Å². The van der Waals surface area contributed by atoms with Gasteiger partial charge >= 0.3 is 0 Å². The molecule has 1 aromatic rings. The van der Waals surface area contributed by atoms with Gasteiger partial charge < -0.3 is 4.42 Å². The average Bonchev–Trinajstić information content (AvgIpc) is 2.97. The Morgan fingerprint density at radius 3 is 3.38 bits per heavy atom. The number of amidine groups is 2. The molecule has 7 heteroatoms. The first-order valence-corrected chi connectivity index (χ1v) is 4.76. The Balaban J connectivity index is 1.80. The molecule has 0 saturated heterocycles. The van der Waals surface area contributed by atoms with Crippen LogP contribution in [0.25, 0.3) is 0 Å². The van der Waals surface area contributed by atoms with Crippen molar-refractivity contribution < 1.29 is 4.42 Å². The molecular formula is C9H8N6O. The number of fused-ring (bicyclic) bond motifs is 1. The van der Waals surface area contributed by atoms with Crippen molar-refractivity contribution in [2.75, 3.05) is 0 Å². The molecule has 0 spiro atoms. The molecule has 7 nitrogen and oxygen atoms in total. The first-order chi connectivity index (χ1) is 7.93. The van der Waals surface area contributed by atoms with Crippen LogP contribution in [0.3, 0.4) is 0 Å². The number of aliphatic imine (C=N–C) groups is 3. The zero-order chi connectivity index (χ0) is 10.8. The van der Waals surface area contributed by atoms with Gasteiger partial charge in [0.1, 0.15) is 12.1 Å². The molecule has 0 aliphatic carbocycles. The fourth-order valence-electron chi connectivity index (χ4n) is 1.44. The third-order valence-corrected chi connectivity index (χ3v) is 2.21. The fraction of sp³-hybridized carbons (Fsp3) is 0.222. The molecule has 0 fully saturated rings. The van der Waals surface area contributed by atoms with Crippen LogP contribution in [-0.4, -0.2) is 24.1 Å². The Morgan fingerprint density at radius 2 is 2.50 bits per heavy atom. The molecule has 1 unspecified atom stereocenters. The first-order valence-electron chi connectivity index (χ1n) is 4.76. The van der Waals surface area contributed by atoms with Crippen LogP contribution in [0.15, 0.2) is 48.1 Å². The lowest BCUT2D eigenvalue weighted by Gasteiger charge is -2.08. The van der Waals surface area contributed by atoms with E-state index in [0.717, 1.165) is 5.76 Å². The number of rotatable bonds is 2. The lowest BCUT2D eigenvalue weighted by molar-refractivity contribution is 0.512. The first kappa shape index (κ1) is 8.96. The van der Waals surface area contributed by atoms with E-state index in [1.807, 2.05) is 12.1 Å². The maximum absolute atomic E-state index is 5.18. The molecule has 0 amide bonds. The Hall–Kier alpha value is -2.31. The van der Waals surface area contributed by atoms with E-state index in [-0.39, 0.29) is 6.04 Å². The van der Waals surface area contributed by atoms with E-state index in [1.165, 1.54) is 6.34 Å². The van der Waals surface area contributed by atoms with Crippen LogP contribution >= 0.6 is 0 Å². The van der Waals surface area contributed by atoms with Gasteiger partial charge in [-0.1, -0.05) is 5.22 Å². The molecule has 16 heavy (non-hydrogen) atoms. The molecule has 3 rings (SSSR count). The standard InChI is InChI=1S/C9H8N6O/c1-2-6(16-3-1)4-10-8-7-9(12-5-11-8)14-15-13-7/h1-3,5,7H,4H2,(H,10,11,12,13,14). The summed E-state index contributed by atoms with van der Waals surface area (Å²) in [5.74, 6) is 2.04. The van der Waals surface area contributed by atoms with Crippen molar-refractivity contribution in [1.29, 1.82) is 0 Å². The van der Waals surface area contributed by atoms with Gasteiger partial charge in [-0.25, -0.2) is 15.4 Å². The van der Waals surface area contributed by atoms with E-state index in [0.29, 0.717) is 18.2 Å². The predicted octanol–water partition coefficient (Wildman–Crippen LogP) is 0.958. The summed E-state index contributed by atoms with van der Waals surface area (Å²) in [6, 6.07) is 3.39. The summed E-state index contributed by atoms with van der Waals surface area (Å²) < 4.78 is 5.18. The van der Waals surface area contributed by atoms with Crippen LogP contribution in [-0.2, 0) is 6.54 Å². The van der Waals surface area contributed by atoms with Gasteiger partial charge in [0.05, 0.1) is 12.8 Å². The van der Waals surface area contributed by atoms with Gasteiger partial charge in [0.15, 0.2) is 17.7 Å². The highest BCUT2D eigenvalue weighted by Crippen LogP contribution is 2.10. The van der Waals surface area contributed by atoms with Crippen molar-refractivity contribution in [3.05, 3.63) is 24.2 Å². The van der Waals surface area contributed by atoms with Gasteiger partial charge in [0.25, 0.3) is 0 Å². The van der Waals surface area contributed by atoms with Gasteiger partial charge in [-0.15, -0.1) is 0 Å². The predicted molar refractivity (Wildman–Crippen MR) is 57.6 cm³/mol. The highest BCUT2D eigenvalue weighted by Gasteiger charge is 2.28. The summed E-state index contributed by atoms with van der Waals surface area (Å²) in [5, 5.41) is 7.63. The Labute approximate surface area is 90.7 Å². The summed E-state index contributed by atoms with van der Waals surface area (Å²) in [6.45, 7) is 0.443. The molecule has 0 saturated carbocycles. The zero-order valence-electron chi connectivity index (χ0n) is 8.24. The summed E-state index contributed by atoms with van der Waals surface area (Å²) in [7, 11) is 0. The molecule has 80 valence electrons. The highest BCUT2D eigenvalue weighted by atomic mass is 16.3. The van der Waals surface area contributed by atoms with E-state index in [4.69, 9.17) is 4.42 Å². The van der Waals surface area contributed by atoms with E-state index < -0.39 is 0 Å². The van der Waals surface area contributed by atoms with Gasteiger partial charge in [0, 0.05) is 0 Å². The number of nitrogens with one attached hydrogen (secondary N) is 1. The SMILES string of the molecule is C1=NC(=NCc2ccco2)C2N=NNC2=N1. The van der Waals surface area contributed by atoms with Gasteiger partial charge in [-0.05, 0) is 12.1 Å². The maximum atomic E-state index is 5.18. The highest BCUT2D eigenvalue weighted by molar-refractivity contribution is 6.16. The molecule has 1 atom stereocenters. The summed E-state index contributed by atoms with van der Waals surface area (Å²) >= 11 is 0. The molecule has 0 radical (unpaired) electrons. The third-order valence-electron chi connectivity index (χ3n) is 2.21. The van der Waals surface area contributed by atoms with Crippen LogP contribution in [0.4, 0.5) is 0 Å². The lowest BCUT2D eigenvalue weighted by atomic mass is 10.2. The van der Waals surface area contributed by atoms with E-state index in [1.54, 1.807) is 6.26 Å². The van der Waals surface area contributed by atoms with Crippen molar-refractivity contribution >= 4 is 18.0 Å². The number of hydrogen-bond donors (Lipinski definition) is 1. The van der Waals surface area contributed by atoms with Gasteiger partial charge in [-0.2, -0.15) is 5.11 Å². The lowest BCUT2D eigenvalue weighted by Crippen LogP contribution is -2.33. The van der Waals surface area contributed by atoms with Crippen LogP contribution in [0, 0.1) is 0 Å². The number of nitrogens with zero attached hydrogens (tertiary/aromatic N) is 5.